The van der Waals surface area contributed by atoms with Crippen LogP contribution in [-0.4, -0.2) is 29.9 Å². The summed E-state index contributed by atoms with van der Waals surface area (Å²) in [4.78, 5) is 30.8. The largest absolute Gasteiger partial charge is 0.352 e. The number of para-hydroxylation sites is 1. The van der Waals surface area contributed by atoms with Crippen molar-refractivity contribution in [3.63, 3.8) is 0 Å². The topological polar surface area (TPSA) is 74.3 Å². The van der Waals surface area contributed by atoms with Gasteiger partial charge in [0.15, 0.2) is 5.13 Å². The third-order valence-electron chi connectivity index (χ3n) is 5.09. The minimum atomic E-state index is -0.0963. The van der Waals surface area contributed by atoms with Gasteiger partial charge in [-0.2, -0.15) is 0 Å². The monoisotopic (exact) mass is 408 g/mol. The number of hydrogen-bond acceptors (Lipinski definition) is 5. The molecule has 2 N–H and O–H groups in total. The molecule has 150 valence electrons. The molecule has 2 aromatic carbocycles. The van der Waals surface area contributed by atoms with Crippen molar-refractivity contribution in [1.82, 2.24) is 10.3 Å². The van der Waals surface area contributed by atoms with Crippen LogP contribution < -0.4 is 15.5 Å². The molecule has 1 atom stereocenters. The van der Waals surface area contributed by atoms with Crippen LogP contribution >= 0.6 is 11.3 Å². The van der Waals surface area contributed by atoms with Gasteiger partial charge in [0.1, 0.15) is 0 Å². The van der Waals surface area contributed by atoms with Crippen molar-refractivity contribution in [2.45, 2.75) is 26.3 Å². The van der Waals surface area contributed by atoms with Crippen LogP contribution in [-0.2, 0) is 16.1 Å². The number of fused-ring (bicyclic) bond motifs is 1. The van der Waals surface area contributed by atoms with E-state index in [9.17, 15) is 9.59 Å². The smallest absolute Gasteiger partial charge is 0.225 e. The molecule has 3 aromatic rings. The molecule has 0 unspecified atom stereocenters. The highest BCUT2D eigenvalue weighted by Gasteiger charge is 2.27. The van der Waals surface area contributed by atoms with Gasteiger partial charge in [-0.25, -0.2) is 4.98 Å². The number of benzene rings is 2. The van der Waals surface area contributed by atoms with Gasteiger partial charge in [-0.05, 0) is 42.7 Å². The van der Waals surface area contributed by atoms with E-state index in [1.165, 1.54) is 11.6 Å². The van der Waals surface area contributed by atoms with Crippen LogP contribution in [0.2, 0.25) is 0 Å². The first-order valence-corrected chi connectivity index (χ1v) is 10.6. The SMILES string of the molecule is CC(=O)Nc1ccc(CNC(=O)[C@H]2CCCN(c3nc4ccccc4s3)C2)cc1. The van der Waals surface area contributed by atoms with Gasteiger partial charge in [-0.1, -0.05) is 35.6 Å². The molecule has 1 fully saturated rings. The van der Waals surface area contributed by atoms with Gasteiger partial charge in [-0.3, -0.25) is 9.59 Å². The number of carbonyl (C=O) groups excluding carboxylic acids is 2. The second kappa shape index (κ2) is 8.61. The Morgan fingerprint density at radius 1 is 1.17 bits per heavy atom. The fourth-order valence-corrected chi connectivity index (χ4v) is 4.60. The lowest BCUT2D eigenvalue weighted by Crippen LogP contribution is -2.42. The number of thiazole rings is 1. The molecule has 0 aliphatic carbocycles. The van der Waals surface area contributed by atoms with Crippen molar-refractivity contribution in [3.05, 3.63) is 54.1 Å². The first kappa shape index (κ1) is 19.4. The van der Waals surface area contributed by atoms with Gasteiger partial charge in [0.25, 0.3) is 0 Å². The van der Waals surface area contributed by atoms with Crippen molar-refractivity contribution < 1.29 is 9.59 Å². The molecule has 1 aromatic heterocycles. The third kappa shape index (κ3) is 4.74. The van der Waals surface area contributed by atoms with Crippen LogP contribution in [0.4, 0.5) is 10.8 Å². The van der Waals surface area contributed by atoms with Gasteiger partial charge in [0.2, 0.25) is 11.8 Å². The number of rotatable bonds is 5. The van der Waals surface area contributed by atoms with Crippen LogP contribution in [0, 0.1) is 5.92 Å². The third-order valence-corrected chi connectivity index (χ3v) is 6.18. The summed E-state index contributed by atoms with van der Waals surface area (Å²) in [5.41, 5.74) is 2.78. The van der Waals surface area contributed by atoms with E-state index in [0.29, 0.717) is 13.1 Å². The van der Waals surface area contributed by atoms with Gasteiger partial charge in [0, 0.05) is 32.2 Å². The highest BCUT2D eigenvalue weighted by molar-refractivity contribution is 7.22. The average Bonchev–Trinajstić information content (AvgIpc) is 3.17. The minimum absolute atomic E-state index is 0.0329. The number of aromatic nitrogens is 1. The lowest BCUT2D eigenvalue weighted by Gasteiger charge is -2.31. The molecule has 4 rings (SSSR count). The highest BCUT2D eigenvalue weighted by Crippen LogP contribution is 2.31. The van der Waals surface area contributed by atoms with Gasteiger partial charge in [-0.15, -0.1) is 0 Å². The Labute approximate surface area is 173 Å². The van der Waals surface area contributed by atoms with E-state index in [2.05, 4.69) is 21.6 Å². The second-order valence-electron chi connectivity index (χ2n) is 7.35. The minimum Gasteiger partial charge on any atom is -0.352 e. The zero-order valence-electron chi connectivity index (χ0n) is 16.4. The first-order chi connectivity index (χ1) is 14.1. The van der Waals surface area contributed by atoms with Gasteiger partial charge in [0.05, 0.1) is 16.1 Å². The Kier molecular flexibility index (Phi) is 5.76. The summed E-state index contributed by atoms with van der Waals surface area (Å²) in [5, 5.41) is 6.80. The molecule has 0 radical (unpaired) electrons. The molecule has 29 heavy (non-hydrogen) atoms. The van der Waals surface area contributed by atoms with E-state index < -0.39 is 0 Å². The Balaban J connectivity index is 1.34. The molecule has 1 aliphatic rings. The fraction of sp³-hybridized carbons (Fsp3) is 0.318. The quantitative estimate of drug-likeness (QED) is 0.674. The Hall–Kier alpha value is -2.93. The van der Waals surface area contributed by atoms with E-state index >= 15 is 0 Å². The average molecular weight is 409 g/mol. The number of hydrogen-bond donors (Lipinski definition) is 2. The number of carbonyl (C=O) groups is 2. The summed E-state index contributed by atoms with van der Waals surface area (Å²) >= 11 is 1.69. The van der Waals surface area contributed by atoms with Crippen molar-refractivity contribution in [2.75, 3.05) is 23.3 Å². The van der Waals surface area contributed by atoms with Crippen molar-refractivity contribution in [1.29, 1.82) is 0 Å². The van der Waals surface area contributed by atoms with Crippen LogP contribution in [0.3, 0.4) is 0 Å². The summed E-state index contributed by atoms with van der Waals surface area (Å²) in [6, 6.07) is 15.7. The Bertz CT molecular complexity index is 982. The van der Waals surface area contributed by atoms with E-state index in [4.69, 9.17) is 4.98 Å². The van der Waals surface area contributed by atoms with Crippen LogP contribution in [0.15, 0.2) is 48.5 Å². The van der Waals surface area contributed by atoms with E-state index in [-0.39, 0.29) is 17.7 Å². The van der Waals surface area contributed by atoms with Gasteiger partial charge < -0.3 is 15.5 Å². The second-order valence-corrected chi connectivity index (χ2v) is 8.35. The van der Waals surface area contributed by atoms with Crippen LogP contribution in [0.5, 0.6) is 0 Å². The summed E-state index contributed by atoms with van der Waals surface area (Å²) in [6.07, 6.45) is 1.88. The van der Waals surface area contributed by atoms with Crippen LogP contribution in [0.25, 0.3) is 10.2 Å². The van der Waals surface area contributed by atoms with E-state index in [0.717, 1.165) is 41.3 Å². The molecule has 0 saturated carbocycles. The molecule has 7 heteroatoms. The maximum absolute atomic E-state index is 12.7. The molecule has 1 aliphatic heterocycles. The summed E-state index contributed by atoms with van der Waals surface area (Å²) < 4.78 is 1.18. The molecule has 2 amide bonds. The van der Waals surface area contributed by atoms with Crippen molar-refractivity contribution >= 4 is 44.2 Å². The first-order valence-electron chi connectivity index (χ1n) is 9.83. The summed E-state index contributed by atoms with van der Waals surface area (Å²) in [5.74, 6) is -0.0443. The maximum Gasteiger partial charge on any atom is 0.225 e. The molecule has 1 saturated heterocycles. The molecule has 0 spiro atoms. The Morgan fingerprint density at radius 2 is 1.97 bits per heavy atom. The maximum atomic E-state index is 12.7. The number of amides is 2. The van der Waals surface area contributed by atoms with Crippen LogP contribution in [0.1, 0.15) is 25.3 Å². The Morgan fingerprint density at radius 3 is 2.72 bits per heavy atom. The number of nitrogens with zero attached hydrogens (tertiary/aromatic N) is 2. The standard InChI is InChI=1S/C22H24N4O2S/c1-15(27)24-18-10-8-16(9-11-18)13-23-21(28)17-5-4-12-26(14-17)22-25-19-6-2-3-7-20(19)29-22/h2-3,6-11,17H,4-5,12-14H2,1H3,(H,23,28)(H,24,27)/t17-/m0/s1. The highest BCUT2D eigenvalue weighted by atomic mass is 32.1. The molecular weight excluding hydrogens is 384 g/mol. The molecule has 6 nitrogen and oxygen atoms in total. The predicted molar refractivity (Wildman–Crippen MR) is 117 cm³/mol. The lowest BCUT2D eigenvalue weighted by molar-refractivity contribution is -0.125. The molecule has 0 bridgehead atoms. The zero-order chi connectivity index (χ0) is 20.2. The lowest BCUT2D eigenvalue weighted by atomic mass is 9.97. The van der Waals surface area contributed by atoms with Crippen molar-refractivity contribution in [3.8, 4) is 0 Å². The number of nitrogens with one attached hydrogen (secondary N) is 2. The van der Waals surface area contributed by atoms with E-state index in [1.54, 1.807) is 11.3 Å². The normalized spacial score (nSPS) is 16.6. The number of anilines is 2. The summed E-state index contributed by atoms with van der Waals surface area (Å²) in [7, 11) is 0. The van der Waals surface area contributed by atoms with Crippen molar-refractivity contribution in [2.24, 2.45) is 5.92 Å². The number of piperidine rings is 1. The zero-order valence-corrected chi connectivity index (χ0v) is 17.2. The molecular formula is C22H24N4O2S. The van der Waals surface area contributed by atoms with E-state index in [1.807, 2.05) is 42.5 Å². The fourth-order valence-electron chi connectivity index (χ4n) is 3.60. The summed E-state index contributed by atoms with van der Waals surface area (Å²) in [6.45, 7) is 3.61. The molecule has 2 heterocycles. The predicted octanol–water partition coefficient (Wildman–Crippen LogP) is 3.79. The van der Waals surface area contributed by atoms with Gasteiger partial charge >= 0.3 is 0 Å².